The normalized spacial score (nSPS) is 20.9. The second-order valence-electron chi connectivity index (χ2n) is 6.29. The highest BCUT2D eigenvalue weighted by molar-refractivity contribution is 7.99. The Labute approximate surface area is 136 Å². The number of nitrogens with one attached hydrogen (secondary N) is 1. The lowest BCUT2D eigenvalue weighted by Gasteiger charge is -2.30. The molecule has 3 rings (SSSR count). The number of anilines is 2. The molecule has 120 valence electrons. The maximum absolute atomic E-state index is 12.4. The zero-order chi connectivity index (χ0) is 15.6. The second kappa shape index (κ2) is 6.50. The molecule has 0 saturated carbocycles. The molecular weight excluding hydrogens is 296 g/mol. The molecule has 2 saturated heterocycles. The third-order valence-electron chi connectivity index (χ3n) is 4.67. The Morgan fingerprint density at radius 3 is 2.59 bits per heavy atom. The molecule has 0 atom stereocenters. The Morgan fingerprint density at radius 2 is 1.95 bits per heavy atom. The van der Waals surface area contributed by atoms with Gasteiger partial charge in [-0.3, -0.25) is 4.79 Å². The van der Waals surface area contributed by atoms with Gasteiger partial charge in [0.1, 0.15) is 5.60 Å². The Bertz CT molecular complexity index is 550. The summed E-state index contributed by atoms with van der Waals surface area (Å²) < 4.78 is 0. The fourth-order valence-corrected chi connectivity index (χ4v) is 4.30. The van der Waals surface area contributed by atoms with E-state index in [1.54, 1.807) is 11.8 Å². The number of carbonyl (C=O) groups is 1. The average Bonchev–Trinajstić information content (AvgIpc) is 3.04. The molecule has 1 amide bonds. The van der Waals surface area contributed by atoms with E-state index in [9.17, 15) is 9.90 Å². The minimum atomic E-state index is -1.20. The lowest BCUT2D eigenvalue weighted by atomic mass is 9.95. The Hall–Kier alpha value is -1.20. The highest BCUT2D eigenvalue weighted by Gasteiger charge is 2.37. The largest absolute Gasteiger partial charge is 0.380 e. The van der Waals surface area contributed by atoms with Gasteiger partial charge in [-0.2, -0.15) is 11.8 Å². The van der Waals surface area contributed by atoms with Crippen LogP contribution < -0.4 is 10.2 Å². The van der Waals surface area contributed by atoms with Crippen molar-refractivity contribution in [1.82, 2.24) is 0 Å². The topological polar surface area (TPSA) is 52.6 Å². The van der Waals surface area contributed by atoms with Crippen LogP contribution in [0.5, 0.6) is 0 Å². The van der Waals surface area contributed by atoms with Crippen LogP contribution in [0.15, 0.2) is 18.2 Å². The van der Waals surface area contributed by atoms with E-state index in [2.05, 4.69) is 22.3 Å². The highest BCUT2D eigenvalue weighted by Crippen LogP contribution is 2.30. The number of amides is 1. The van der Waals surface area contributed by atoms with Gasteiger partial charge >= 0.3 is 0 Å². The molecule has 0 unspecified atom stereocenters. The smallest absolute Gasteiger partial charge is 0.256 e. The third kappa shape index (κ3) is 3.25. The van der Waals surface area contributed by atoms with Crippen LogP contribution in [0.25, 0.3) is 0 Å². The standard InChI is InChI=1S/C17H24N2O2S/c1-13-12-14(19-8-2-3-9-19)4-5-15(13)18-16(20)17(21)6-10-22-11-7-17/h4-5,12,21H,2-3,6-11H2,1H3,(H,18,20). The van der Waals surface area contributed by atoms with Crippen LogP contribution in [0, 0.1) is 6.92 Å². The van der Waals surface area contributed by atoms with Gasteiger partial charge in [-0.1, -0.05) is 0 Å². The van der Waals surface area contributed by atoms with Crippen molar-refractivity contribution in [3.8, 4) is 0 Å². The van der Waals surface area contributed by atoms with Crippen LogP contribution in [0.2, 0.25) is 0 Å². The van der Waals surface area contributed by atoms with Gasteiger partial charge in [0.15, 0.2) is 0 Å². The lowest BCUT2D eigenvalue weighted by Crippen LogP contribution is -2.45. The van der Waals surface area contributed by atoms with E-state index < -0.39 is 5.60 Å². The molecule has 0 bridgehead atoms. The van der Waals surface area contributed by atoms with E-state index >= 15 is 0 Å². The van der Waals surface area contributed by atoms with Crippen LogP contribution in [0.3, 0.4) is 0 Å². The summed E-state index contributed by atoms with van der Waals surface area (Å²) in [5.41, 5.74) is 1.87. The van der Waals surface area contributed by atoms with Crippen molar-refractivity contribution in [2.45, 2.75) is 38.2 Å². The van der Waals surface area contributed by atoms with Gasteiger partial charge in [0.25, 0.3) is 5.91 Å². The summed E-state index contributed by atoms with van der Waals surface area (Å²) in [6.07, 6.45) is 3.58. The molecule has 2 N–H and O–H groups in total. The van der Waals surface area contributed by atoms with Crippen molar-refractivity contribution in [3.63, 3.8) is 0 Å². The lowest BCUT2D eigenvalue weighted by molar-refractivity contribution is -0.134. The van der Waals surface area contributed by atoms with Crippen molar-refractivity contribution in [1.29, 1.82) is 0 Å². The maximum Gasteiger partial charge on any atom is 0.256 e. The van der Waals surface area contributed by atoms with Gasteiger partial charge in [0.2, 0.25) is 0 Å². The van der Waals surface area contributed by atoms with Gasteiger partial charge in [-0.15, -0.1) is 0 Å². The van der Waals surface area contributed by atoms with E-state index in [0.717, 1.165) is 35.8 Å². The van der Waals surface area contributed by atoms with Gasteiger partial charge in [-0.05, 0) is 67.9 Å². The molecule has 2 aliphatic heterocycles. The summed E-state index contributed by atoms with van der Waals surface area (Å²) in [6, 6.07) is 6.15. The summed E-state index contributed by atoms with van der Waals surface area (Å²) in [6.45, 7) is 4.24. The highest BCUT2D eigenvalue weighted by atomic mass is 32.2. The first-order valence-electron chi connectivity index (χ1n) is 8.06. The average molecular weight is 320 g/mol. The van der Waals surface area contributed by atoms with Crippen LogP contribution in [0.1, 0.15) is 31.2 Å². The molecule has 1 aromatic carbocycles. The number of aryl methyl sites for hydroxylation is 1. The van der Waals surface area contributed by atoms with E-state index in [1.807, 2.05) is 13.0 Å². The van der Waals surface area contributed by atoms with Crippen LogP contribution >= 0.6 is 11.8 Å². The Kier molecular flexibility index (Phi) is 4.64. The first-order chi connectivity index (χ1) is 10.6. The molecular formula is C17H24N2O2S. The van der Waals surface area contributed by atoms with E-state index in [4.69, 9.17) is 0 Å². The number of hydrogen-bond acceptors (Lipinski definition) is 4. The first-order valence-corrected chi connectivity index (χ1v) is 9.21. The molecule has 22 heavy (non-hydrogen) atoms. The van der Waals surface area contributed by atoms with Gasteiger partial charge in [0, 0.05) is 24.5 Å². The number of benzene rings is 1. The molecule has 0 aromatic heterocycles. The molecule has 2 fully saturated rings. The predicted octanol–water partition coefficient (Wildman–Crippen LogP) is 2.79. The van der Waals surface area contributed by atoms with Gasteiger partial charge < -0.3 is 15.3 Å². The first kappa shape index (κ1) is 15.7. The number of rotatable bonds is 3. The second-order valence-corrected chi connectivity index (χ2v) is 7.52. The Morgan fingerprint density at radius 1 is 1.27 bits per heavy atom. The summed E-state index contributed by atoms with van der Waals surface area (Å²) in [5.74, 6) is 1.43. The van der Waals surface area contributed by atoms with Crippen LogP contribution in [-0.4, -0.2) is 41.2 Å². The van der Waals surface area contributed by atoms with Gasteiger partial charge in [0.05, 0.1) is 0 Å². The van der Waals surface area contributed by atoms with Gasteiger partial charge in [-0.25, -0.2) is 0 Å². The van der Waals surface area contributed by atoms with Crippen molar-refractivity contribution in [2.24, 2.45) is 0 Å². The number of carbonyl (C=O) groups excluding carboxylic acids is 1. The summed E-state index contributed by atoms with van der Waals surface area (Å²) >= 11 is 1.79. The minimum absolute atomic E-state index is 0.259. The molecule has 0 aliphatic carbocycles. The quantitative estimate of drug-likeness (QED) is 0.899. The summed E-state index contributed by atoms with van der Waals surface area (Å²) in [4.78, 5) is 14.8. The fourth-order valence-electron chi connectivity index (χ4n) is 3.13. The van der Waals surface area contributed by atoms with E-state index in [0.29, 0.717) is 12.8 Å². The number of nitrogens with zero attached hydrogens (tertiary/aromatic N) is 1. The summed E-state index contributed by atoms with van der Waals surface area (Å²) in [5, 5.41) is 13.4. The fraction of sp³-hybridized carbons (Fsp3) is 0.588. The number of thioether (sulfide) groups is 1. The molecule has 2 aliphatic rings. The molecule has 2 heterocycles. The summed E-state index contributed by atoms with van der Waals surface area (Å²) in [7, 11) is 0. The molecule has 0 radical (unpaired) electrons. The monoisotopic (exact) mass is 320 g/mol. The molecule has 0 spiro atoms. The maximum atomic E-state index is 12.4. The minimum Gasteiger partial charge on any atom is -0.380 e. The SMILES string of the molecule is Cc1cc(N2CCCC2)ccc1NC(=O)C1(O)CCSCC1. The molecule has 4 nitrogen and oxygen atoms in total. The third-order valence-corrected chi connectivity index (χ3v) is 5.66. The molecule has 5 heteroatoms. The van der Waals surface area contributed by atoms with Crippen LogP contribution in [0.4, 0.5) is 11.4 Å². The van der Waals surface area contributed by atoms with Crippen LogP contribution in [-0.2, 0) is 4.79 Å². The van der Waals surface area contributed by atoms with Crippen molar-refractivity contribution >= 4 is 29.0 Å². The van der Waals surface area contributed by atoms with Crippen molar-refractivity contribution < 1.29 is 9.90 Å². The van der Waals surface area contributed by atoms with Crippen molar-refractivity contribution in [2.75, 3.05) is 34.8 Å². The number of hydrogen-bond donors (Lipinski definition) is 2. The predicted molar refractivity (Wildman–Crippen MR) is 92.8 cm³/mol. The zero-order valence-electron chi connectivity index (χ0n) is 13.1. The van der Waals surface area contributed by atoms with E-state index in [1.165, 1.54) is 18.5 Å². The zero-order valence-corrected chi connectivity index (χ0v) is 13.9. The Balaban J connectivity index is 1.70. The molecule has 1 aromatic rings. The number of aliphatic hydroxyl groups is 1. The van der Waals surface area contributed by atoms with E-state index in [-0.39, 0.29) is 5.91 Å². The van der Waals surface area contributed by atoms with Crippen molar-refractivity contribution in [3.05, 3.63) is 23.8 Å².